The Morgan fingerprint density at radius 2 is 1.39 bits per heavy atom. The number of nitrogens with two attached hydrogens (primary N) is 3. The van der Waals surface area contributed by atoms with Crippen molar-refractivity contribution in [2.75, 3.05) is 31.6 Å². The Morgan fingerprint density at radius 3 is 2.05 bits per heavy atom. The molecule has 0 unspecified atom stereocenters. The monoisotopic (exact) mass is 1320 g/mol. The number of benzene rings is 3. The maximum Gasteiger partial charge on any atom is 0.246 e. The number of H-pyrrole nitrogens is 2. The molecule has 16 N–H and O–H groups in total. The maximum absolute atomic E-state index is 15.4. The Bertz CT molecular complexity index is 3440. The predicted octanol–water partition coefficient (Wildman–Crippen LogP) is 0.296. The Labute approximate surface area is 548 Å². The number of aliphatic imine (C=N–C) groups is 1. The number of carbonyl (C=O) groups is 10. The van der Waals surface area contributed by atoms with E-state index in [1.54, 1.807) is 43.5 Å². The number of fused-ring (bicyclic) bond motifs is 4. The molecule has 7 rings (SSSR count). The number of aromatic amines is 2. The molecular weight excluding hydrogens is 1230 g/mol. The summed E-state index contributed by atoms with van der Waals surface area (Å²) in [4.78, 5) is 161. The number of aliphatic hydroxyl groups is 1. The number of rotatable bonds is 15. The zero-order valence-corrected chi connectivity index (χ0v) is 54.5. The normalized spacial score (nSPS) is 24.0. The minimum Gasteiger partial charge on any atom is -0.391 e. The van der Waals surface area contributed by atoms with Gasteiger partial charge in [0.05, 0.1) is 12.4 Å². The van der Waals surface area contributed by atoms with Crippen LogP contribution in [0.5, 0.6) is 0 Å². The van der Waals surface area contributed by atoms with E-state index in [1.165, 1.54) is 61.8 Å². The van der Waals surface area contributed by atoms with Crippen molar-refractivity contribution >= 4 is 99.5 Å². The van der Waals surface area contributed by atoms with Gasteiger partial charge in [-0.25, -0.2) is 4.98 Å². The fraction of sp³-hybridized carbons (Fsp3) is 0.469. The number of aromatic nitrogens is 3. The van der Waals surface area contributed by atoms with Gasteiger partial charge in [-0.1, -0.05) is 93.1 Å². The predicted molar refractivity (Wildman–Crippen MR) is 354 cm³/mol. The van der Waals surface area contributed by atoms with Crippen LogP contribution < -0.4 is 54.4 Å². The van der Waals surface area contributed by atoms with Crippen LogP contribution in [0.15, 0.2) is 103 Å². The molecular formula is C64H86N16O11S2. The zero-order valence-electron chi connectivity index (χ0n) is 52.9. The lowest BCUT2D eigenvalue weighted by Crippen LogP contribution is -2.62. The van der Waals surface area contributed by atoms with Crippen molar-refractivity contribution in [3.8, 4) is 0 Å². The summed E-state index contributed by atoms with van der Waals surface area (Å²) in [5.74, 6) is -7.30. The summed E-state index contributed by atoms with van der Waals surface area (Å²) in [6.07, 6.45) is 3.63. The first-order chi connectivity index (χ1) is 44.5. The number of likely N-dealkylation sites (N-methyl/N-ethyl adjacent to an activating group) is 1. The lowest BCUT2D eigenvalue weighted by Gasteiger charge is -2.34. The molecule has 2 aliphatic heterocycles. The minimum absolute atomic E-state index is 0.0220. The third kappa shape index (κ3) is 20.5. The minimum atomic E-state index is -1.68. The van der Waals surface area contributed by atoms with E-state index < -0.39 is 125 Å². The van der Waals surface area contributed by atoms with Crippen molar-refractivity contribution in [1.29, 1.82) is 0 Å². The average Bonchev–Trinajstić information content (AvgIpc) is 1.78. The molecule has 0 aliphatic carbocycles. The first-order valence-electron chi connectivity index (χ1n) is 31.0. The first kappa shape index (κ1) is 71.5. The van der Waals surface area contributed by atoms with E-state index in [4.69, 9.17) is 17.2 Å². The van der Waals surface area contributed by atoms with Gasteiger partial charge in [-0.2, -0.15) is 23.5 Å². The SMILES string of the molecule is CC[C@H](C)[C@@H]1NC(=O)[C@@H]2CCCN2C(=O)[C@H](Cc2c[nH]c3ccccc23)NC(=O)[C@H](CCCN=C(N)N)N(C)C(=O)[C@H](Cc2ccccc2)NC(=O)[C@H](Cc2cnc[nH]2)NC(=O)[C@H]([C@@H](C)O)NC(=O)[C@@H](NC(C)=O)CSCc2cccc(c2)CSC[C@@H](C(N)=O)NC1=O. The highest BCUT2D eigenvalue weighted by molar-refractivity contribution is 7.98. The van der Waals surface area contributed by atoms with Crippen molar-refractivity contribution in [1.82, 2.24) is 62.0 Å². The van der Waals surface area contributed by atoms with Crippen molar-refractivity contribution in [2.45, 2.75) is 151 Å². The van der Waals surface area contributed by atoms with Crippen molar-refractivity contribution < 1.29 is 53.1 Å². The first-order valence-corrected chi connectivity index (χ1v) is 33.3. The summed E-state index contributed by atoms with van der Waals surface area (Å²) < 4.78 is 0. The van der Waals surface area contributed by atoms with Crippen LogP contribution in [0.25, 0.3) is 10.9 Å². The van der Waals surface area contributed by atoms with Gasteiger partial charge in [0.2, 0.25) is 59.1 Å². The van der Waals surface area contributed by atoms with Gasteiger partial charge in [-0.05, 0) is 66.8 Å². The van der Waals surface area contributed by atoms with E-state index in [2.05, 4.69) is 57.2 Å². The van der Waals surface area contributed by atoms with Gasteiger partial charge in [0.25, 0.3) is 0 Å². The van der Waals surface area contributed by atoms with E-state index in [0.717, 1.165) is 26.9 Å². The number of thioether (sulfide) groups is 2. The standard InChI is InChI=1S/C64H86N16O11S2/c1-6-36(2)53-60(88)76-49(55(65)83)33-92-31-40-17-12-18-41(25-40)32-93-34-50(72-38(4)82)57(85)78-54(37(3)81)61(89)73-46(28-43-30-68-35-71-43)56(84)74-47(26-39-15-8-7-9-16-39)62(90)79(5)51(21-13-23-69-64(66)67)58(86)75-48(27-42-29-70-45-20-11-10-19-44(42)45)63(91)80-24-14-22-52(80)59(87)77-53/h7-12,15-20,25,29-30,35-37,46-54,70,81H,6,13-14,21-24,26-28,31-34H2,1-5H3,(H2,65,83)(H,68,71)(H,72,82)(H,73,89)(H,74,84)(H,75,86)(H,76,88)(H,77,87)(H,78,85)(H4,66,67,69)/t36-,37+,46-,47-,48-,49-,50-,51-,52-,53-,54-/m0/s1. The summed E-state index contributed by atoms with van der Waals surface area (Å²) >= 11 is 2.64. The van der Waals surface area contributed by atoms with Gasteiger partial charge in [-0.3, -0.25) is 52.9 Å². The molecule has 5 aromatic rings. The number of para-hydroxylation sites is 1. The molecule has 500 valence electrons. The lowest BCUT2D eigenvalue weighted by molar-refractivity contribution is -0.145. The summed E-state index contributed by atoms with van der Waals surface area (Å²) in [7, 11) is 1.38. The van der Waals surface area contributed by atoms with Crippen LogP contribution in [0.2, 0.25) is 0 Å². The molecule has 27 nitrogen and oxygen atoms in total. The summed E-state index contributed by atoms with van der Waals surface area (Å²) in [6.45, 7) is 6.26. The molecule has 1 fully saturated rings. The second kappa shape index (κ2) is 34.6. The number of hydrogen-bond acceptors (Lipinski definition) is 15. The molecule has 0 spiro atoms. The second-order valence-electron chi connectivity index (χ2n) is 23.5. The Hall–Kier alpha value is -8.96. The fourth-order valence-electron chi connectivity index (χ4n) is 11.2. The van der Waals surface area contributed by atoms with Crippen LogP contribution in [0, 0.1) is 5.92 Å². The van der Waals surface area contributed by atoms with Crippen molar-refractivity contribution in [3.63, 3.8) is 0 Å². The topological polar surface area (TPSA) is 417 Å². The highest BCUT2D eigenvalue weighted by Crippen LogP contribution is 2.26. The number of primary amides is 1. The van der Waals surface area contributed by atoms with Crippen LogP contribution >= 0.6 is 23.5 Å². The Kier molecular flexibility index (Phi) is 26.6. The van der Waals surface area contributed by atoms with Crippen molar-refractivity contribution in [3.05, 3.63) is 126 Å². The highest BCUT2D eigenvalue weighted by Gasteiger charge is 2.42. The third-order valence-corrected chi connectivity index (χ3v) is 18.6. The quantitative estimate of drug-likeness (QED) is 0.0381. The van der Waals surface area contributed by atoms with Gasteiger partial charge in [-0.15, -0.1) is 0 Å². The van der Waals surface area contributed by atoms with Gasteiger partial charge in [0.15, 0.2) is 5.96 Å². The van der Waals surface area contributed by atoms with E-state index in [-0.39, 0.29) is 69.1 Å². The molecule has 2 aliphatic rings. The molecule has 0 radical (unpaired) electrons. The van der Waals surface area contributed by atoms with E-state index in [0.29, 0.717) is 41.2 Å². The molecule has 3 aromatic carbocycles. The third-order valence-electron chi connectivity index (χ3n) is 16.4. The van der Waals surface area contributed by atoms with E-state index >= 15 is 14.4 Å². The van der Waals surface area contributed by atoms with Crippen LogP contribution in [0.1, 0.15) is 87.7 Å². The number of hydrogen-bond donors (Lipinski definition) is 13. The summed E-state index contributed by atoms with van der Waals surface area (Å²) in [6, 6.07) is 11.6. The molecule has 11 atom stereocenters. The Balaban J connectivity index is 1.28. The number of nitrogens with zero attached hydrogens (tertiary/aromatic N) is 4. The number of imidazole rings is 1. The molecule has 4 heterocycles. The number of guanidine groups is 1. The Morgan fingerprint density at radius 1 is 0.731 bits per heavy atom. The summed E-state index contributed by atoms with van der Waals surface area (Å²) in [5, 5.41) is 31.2. The van der Waals surface area contributed by atoms with Gasteiger partial charge >= 0.3 is 0 Å². The second-order valence-corrected chi connectivity index (χ2v) is 25.5. The van der Waals surface area contributed by atoms with Gasteiger partial charge in [0, 0.05) is 98.3 Å². The van der Waals surface area contributed by atoms with E-state index in [9.17, 15) is 38.7 Å². The van der Waals surface area contributed by atoms with E-state index in [1.807, 2.05) is 55.5 Å². The average molecular weight is 1320 g/mol. The molecule has 93 heavy (non-hydrogen) atoms. The fourth-order valence-corrected chi connectivity index (χ4v) is 13.2. The van der Waals surface area contributed by atoms with Crippen LogP contribution in [-0.2, 0) is 78.7 Å². The zero-order chi connectivity index (χ0) is 67.3. The summed E-state index contributed by atoms with van der Waals surface area (Å²) in [5.41, 5.74) is 21.4. The highest BCUT2D eigenvalue weighted by atomic mass is 32.2. The smallest absolute Gasteiger partial charge is 0.246 e. The molecule has 29 heteroatoms. The molecule has 10 amide bonds. The number of nitrogens with one attached hydrogen (secondary N) is 9. The molecule has 2 aromatic heterocycles. The van der Waals surface area contributed by atoms with Crippen LogP contribution in [0.3, 0.4) is 0 Å². The number of amides is 10. The van der Waals surface area contributed by atoms with Crippen LogP contribution in [-0.4, -0.2) is 187 Å². The van der Waals surface area contributed by atoms with Crippen molar-refractivity contribution in [2.24, 2.45) is 28.1 Å². The largest absolute Gasteiger partial charge is 0.391 e. The molecule has 0 saturated carbocycles. The lowest BCUT2D eigenvalue weighted by atomic mass is 9.97. The van der Waals surface area contributed by atoms with Crippen LogP contribution in [0.4, 0.5) is 0 Å². The maximum atomic E-state index is 15.4. The molecule has 2 bridgehead atoms. The number of aliphatic hydroxyl groups excluding tert-OH is 1. The van der Waals surface area contributed by atoms with Gasteiger partial charge in [0.1, 0.15) is 54.4 Å². The van der Waals surface area contributed by atoms with Gasteiger partial charge < -0.3 is 79.3 Å². The number of carbonyl (C=O) groups excluding carboxylic acids is 10. The molecule has 1 saturated heterocycles.